The third-order valence-corrected chi connectivity index (χ3v) is 4.27. The number of hydrazone groups is 1. The number of ether oxygens (including phenoxy) is 1. The minimum absolute atomic E-state index is 0.00543. The minimum Gasteiger partial charge on any atom is -0.494 e. The van der Waals surface area contributed by atoms with Gasteiger partial charge in [0, 0.05) is 5.92 Å². The van der Waals surface area contributed by atoms with Gasteiger partial charge in [-0.15, -0.1) is 0 Å². The van der Waals surface area contributed by atoms with Crippen molar-refractivity contribution in [3.05, 3.63) is 65.7 Å². The molecule has 0 aromatic heterocycles. The minimum atomic E-state index is -0.00543. The predicted molar refractivity (Wildman–Crippen MR) is 95.3 cm³/mol. The lowest BCUT2D eigenvalue weighted by molar-refractivity contribution is -0.122. The molecule has 1 saturated carbocycles. The van der Waals surface area contributed by atoms with Crippen molar-refractivity contribution in [2.24, 2.45) is 11.0 Å². The van der Waals surface area contributed by atoms with Crippen molar-refractivity contribution < 1.29 is 9.53 Å². The number of hydrogen-bond donors (Lipinski definition) is 1. The fraction of sp³-hybridized carbons (Fsp3) is 0.300. The van der Waals surface area contributed by atoms with Crippen molar-refractivity contribution >= 4 is 11.6 Å². The van der Waals surface area contributed by atoms with Gasteiger partial charge < -0.3 is 4.74 Å². The molecule has 0 saturated heterocycles. The number of carbonyl (C=O) groups excluding carboxylic acids is 1. The van der Waals surface area contributed by atoms with Crippen molar-refractivity contribution in [3.63, 3.8) is 0 Å². The second kappa shape index (κ2) is 7.30. The molecule has 0 unspecified atom stereocenters. The van der Waals surface area contributed by atoms with Crippen LogP contribution in [0.2, 0.25) is 0 Å². The summed E-state index contributed by atoms with van der Waals surface area (Å²) in [5, 5.41) is 4.24. The molecular formula is C20H22N2O2. The molecule has 1 fully saturated rings. The molecule has 2 aromatic carbocycles. The van der Waals surface area contributed by atoms with Crippen molar-refractivity contribution in [2.75, 3.05) is 6.61 Å². The van der Waals surface area contributed by atoms with Crippen LogP contribution in [-0.4, -0.2) is 18.2 Å². The predicted octanol–water partition coefficient (Wildman–Crippen LogP) is 3.73. The molecule has 0 aliphatic heterocycles. The van der Waals surface area contributed by atoms with E-state index in [1.165, 1.54) is 5.56 Å². The van der Waals surface area contributed by atoms with Gasteiger partial charge in [-0.25, -0.2) is 5.43 Å². The van der Waals surface area contributed by atoms with Crippen molar-refractivity contribution in [1.29, 1.82) is 0 Å². The molecule has 0 heterocycles. The van der Waals surface area contributed by atoms with Gasteiger partial charge in [-0.3, -0.25) is 4.79 Å². The first-order valence-corrected chi connectivity index (χ1v) is 8.31. The molecule has 4 nitrogen and oxygen atoms in total. The lowest BCUT2D eigenvalue weighted by Gasteiger charge is -2.05. The monoisotopic (exact) mass is 322 g/mol. The first-order chi connectivity index (χ1) is 11.7. The van der Waals surface area contributed by atoms with E-state index in [2.05, 4.69) is 22.7 Å². The first-order valence-electron chi connectivity index (χ1n) is 8.31. The SMILES string of the molecule is CCOc1ccc(/C(C)=N\NC(=O)[C@H]2C[C@@H]2c2ccccc2)cc1. The van der Waals surface area contributed by atoms with Crippen LogP contribution in [0.1, 0.15) is 37.3 Å². The largest absolute Gasteiger partial charge is 0.494 e. The number of nitrogens with zero attached hydrogens (tertiary/aromatic N) is 1. The topological polar surface area (TPSA) is 50.7 Å². The maximum Gasteiger partial charge on any atom is 0.243 e. The Kier molecular flexibility index (Phi) is 4.94. The Bertz CT molecular complexity index is 723. The average molecular weight is 322 g/mol. The van der Waals surface area contributed by atoms with Gasteiger partial charge in [-0.1, -0.05) is 30.3 Å². The van der Waals surface area contributed by atoms with Crippen LogP contribution in [0.3, 0.4) is 0 Å². The summed E-state index contributed by atoms with van der Waals surface area (Å²) in [6.07, 6.45) is 0.896. The fourth-order valence-corrected chi connectivity index (χ4v) is 2.80. The molecule has 0 radical (unpaired) electrons. The van der Waals surface area contributed by atoms with Gasteiger partial charge in [0.1, 0.15) is 5.75 Å². The molecule has 2 atom stereocenters. The third kappa shape index (κ3) is 3.82. The summed E-state index contributed by atoms with van der Waals surface area (Å²) in [5.74, 6) is 1.19. The van der Waals surface area contributed by atoms with Gasteiger partial charge >= 0.3 is 0 Å². The maximum atomic E-state index is 12.2. The molecule has 4 heteroatoms. The Morgan fingerprint density at radius 3 is 2.54 bits per heavy atom. The molecule has 1 aliphatic carbocycles. The van der Waals surface area contributed by atoms with Crippen molar-refractivity contribution in [1.82, 2.24) is 5.43 Å². The molecule has 124 valence electrons. The Hall–Kier alpha value is -2.62. The Balaban J connectivity index is 1.56. The molecule has 0 bridgehead atoms. The summed E-state index contributed by atoms with van der Waals surface area (Å²) in [6.45, 7) is 4.49. The smallest absolute Gasteiger partial charge is 0.243 e. The first kappa shape index (κ1) is 16.2. The third-order valence-electron chi connectivity index (χ3n) is 4.27. The van der Waals surface area contributed by atoms with Crippen LogP contribution < -0.4 is 10.2 Å². The molecule has 1 amide bonds. The lowest BCUT2D eigenvalue weighted by atomic mass is 10.1. The van der Waals surface area contributed by atoms with E-state index >= 15 is 0 Å². The summed E-state index contributed by atoms with van der Waals surface area (Å²) < 4.78 is 5.42. The van der Waals surface area contributed by atoms with Crippen LogP contribution in [0.5, 0.6) is 5.75 Å². The van der Waals surface area contributed by atoms with Crippen LogP contribution in [0, 0.1) is 5.92 Å². The molecule has 3 rings (SSSR count). The highest BCUT2D eigenvalue weighted by molar-refractivity contribution is 5.99. The van der Waals surface area contributed by atoms with E-state index < -0.39 is 0 Å². The zero-order valence-corrected chi connectivity index (χ0v) is 14.0. The van der Waals surface area contributed by atoms with Gasteiger partial charge in [0.25, 0.3) is 0 Å². The summed E-state index contributed by atoms with van der Waals surface area (Å²) in [5.41, 5.74) is 5.67. The molecular weight excluding hydrogens is 300 g/mol. The molecule has 1 N–H and O–H groups in total. The lowest BCUT2D eigenvalue weighted by Crippen LogP contribution is -2.21. The fourth-order valence-electron chi connectivity index (χ4n) is 2.80. The Labute approximate surface area is 142 Å². The Morgan fingerprint density at radius 1 is 1.17 bits per heavy atom. The van der Waals surface area contributed by atoms with Crippen LogP contribution in [0.4, 0.5) is 0 Å². The summed E-state index contributed by atoms with van der Waals surface area (Å²) >= 11 is 0. The van der Waals surface area contributed by atoms with E-state index in [9.17, 15) is 4.79 Å². The van der Waals surface area contributed by atoms with Gasteiger partial charge in [-0.05, 0) is 61.6 Å². The summed E-state index contributed by atoms with van der Waals surface area (Å²) in [6, 6.07) is 17.9. The van der Waals surface area contributed by atoms with Crippen LogP contribution in [-0.2, 0) is 4.79 Å². The van der Waals surface area contributed by atoms with Crippen LogP contribution >= 0.6 is 0 Å². The van der Waals surface area contributed by atoms with E-state index in [-0.39, 0.29) is 11.8 Å². The zero-order valence-electron chi connectivity index (χ0n) is 14.0. The van der Waals surface area contributed by atoms with E-state index in [4.69, 9.17) is 4.74 Å². The number of nitrogens with one attached hydrogen (secondary N) is 1. The van der Waals surface area contributed by atoms with Gasteiger partial charge in [0.15, 0.2) is 0 Å². The second-order valence-corrected chi connectivity index (χ2v) is 5.99. The normalized spacial score (nSPS) is 19.7. The Morgan fingerprint density at radius 2 is 1.88 bits per heavy atom. The number of carbonyl (C=O) groups is 1. The highest BCUT2D eigenvalue weighted by Crippen LogP contribution is 2.47. The molecule has 0 spiro atoms. The zero-order chi connectivity index (χ0) is 16.9. The van der Waals surface area contributed by atoms with E-state index in [1.807, 2.05) is 56.3 Å². The number of amides is 1. The van der Waals surface area contributed by atoms with Gasteiger partial charge in [0.2, 0.25) is 5.91 Å². The van der Waals surface area contributed by atoms with Crippen LogP contribution in [0.25, 0.3) is 0 Å². The molecule has 1 aliphatic rings. The number of benzene rings is 2. The van der Waals surface area contributed by atoms with Gasteiger partial charge in [-0.2, -0.15) is 5.10 Å². The highest BCUT2D eigenvalue weighted by atomic mass is 16.5. The average Bonchev–Trinajstić information content (AvgIpc) is 3.42. The number of hydrogen-bond acceptors (Lipinski definition) is 3. The standard InChI is InChI=1S/C20H22N2O2/c1-3-24-17-11-9-15(10-12-17)14(2)21-22-20(23)19-13-18(19)16-7-5-4-6-8-16/h4-12,18-19H,3,13H2,1-2H3,(H,22,23)/b21-14-/t18-,19+/m1/s1. The highest BCUT2D eigenvalue weighted by Gasteiger charge is 2.43. The van der Waals surface area contributed by atoms with Crippen molar-refractivity contribution in [2.45, 2.75) is 26.2 Å². The summed E-state index contributed by atoms with van der Waals surface area (Å²) in [4.78, 5) is 12.2. The maximum absolute atomic E-state index is 12.2. The van der Waals surface area contributed by atoms with Gasteiger partial charge in [0.05, 0.1) is 12.3 Å². The van der Waals surface area contributed by atoms with Crippen molar-refractivity contribution in [3.8, 4) is 5.75 Å². The molecule has 24 heavy (non-hydrogen) atoms. The second-order valence-electron chi connectivity index (χ2n) is 5.99. The van der Waals surface area contributed by atoms with Crippen LogP contribution in [0.15, 0.2) is 59.7 Å². The quantitative estimate of drug-likeness (QED) is 0.651. The number of rotatable bonds is 6. The van der Waals surface area contributed by atoms with E-state index in [1.54, 1.807) is 0 Å². The van der Waals surface area contributed by atoms with E-state index in [0.717, 1.165) is 23.4 Å². The summed E-state index contributed by atoms with van der Waals surface area (Å²) in [7, 11) is 0. The van der Waals surface area contributed by atoms with E-state index in [0.29, 0.717) is 12.5 Å². The molecule has 2 aromatic rings.